The third kappa shape index (κ3) is 1.09. The fraction of sp³-hybridized carbons (Fsp3) is 0.222. The quantitative estimate of drug-likeness (QED) is 0.719. The van der Waals surface area contributed by atoms with Crippen LogP contribution in [0.2, 0.25) is 0 Å². The van der Waals surface area contributed by atoms with Crippen molar-refractivity contribution in [2.24, 2.45) is 0 Å². The normalized spacial score (nSPS) is 10.3. The molecule has 70 valence electrons. The summed E-state index contributed by atoms with van der Waals surface area (Å²) >= 11 is 0. The van der Waals surface area contributed by atoms with E-state index in [2.05, 4.69) is 10.1 Å². The molecule has 14 heavy (non-hydrogen) atoms. The van der Waals surface area contributed by atoms with E-state index in [1.54, 1.807) is 16.9 Å². The van der Waals surface area contributed by atoms with Crippen molar-refractivity contribution < 1.29 is 0 Å². The number of hydrogen-bond donors (Lipinski definition) is 1. The van der Waals surface area contributed by atoms with Crippen LogP contribution in [0.1, 0.15) is 12.6 Å². The molecule has 0 atom stereocenters. The van der Waals surface area contributed by atoms with Gasteiger partial charge in [-0.2, -0.15) is 10.4 Å². The summed E-state index contributed by atoms with van der Waals surface area (Å²) < 4.78 is 1.73. The van der Waals surface area contributed by atoms with Gasteiger partial charge >= 0.3 is 0 Å². The lowest BCUT2D eigenvalue weighted by molar-refractivity contribution is 0.676. The first-order chi connectivity index (χ1) is 6.76. The van der Waals surface area contributed by atoms with Crippen LogP contribution in [0.15, 0.2) is 12.3 Å². The molecule has 2 rings (SSSR count). The van der Waals surface area contributed by atoms with Crippen LogP contribution in [0.25, 0.3) is 11.0 Å². The summed E-state index contributed by atoms with van der Waals surface area (Å²) in [5, 5.41) is 13.7. The second kappa shape index (κ2) is 3.00. The fourth-order valence-electron chi connectivity index (χ4n) is 1.34. The Morgan fingerprint density at radius 1 is 1.64 bits per heavy atom. The van der Waals surface area contributed by atoms with E-state index >= 15 is 0 Å². The van der Waals surface area contributed by atoms with Crippen LogP contribution in [-0.4, -0.2) is 14.8 Å². The number of rotatable bonds is 1. The summed E-state index contributed by atoms with van der Waals surface area (Å²) in [7, 11) is 0. The Balaban J connectivity index is 2.78. The van der Waals surface area contributed by atoms with E-state index < -0.39 is 0 Å². The Labute approximate surface area is 80.8 Å². The largest absolute Gasteiger partial charge is 0.396 e. The molecule has 0 unspecified atom stereocenters. The molecule has 0 amide bonds. The average molecular weight is 187 g/mol. The van der Waals surface area contributed by atoms with Crippen LogP contribution < -0.4 is 5.73 Å². The molecule has 0 aliphatic rings. The molecule has 0 fully saturated rings. The number of nitrogen functional groups attached to an aromatic ring is 1. The maximum atomic E-state index is 8.76. The van der Waals surface area contributed by atoms with Crippen LogP contribution in [0, 0.1) is 11.3 Å². The summed E-state index contributed by atoms with van der Waals surface area (Å²) in [6, 6.07) is 3.67. The first-order valence-corrected chi connectivity index (χ1v) is 4.28. The van der Waals surface area contributed by atoms with Gasteiger partial charge < -0.3 is 5.73 Å². The van der Waals surface area contributed by atoms with Gasteiger partial charge in [0.2, 0.25) is 0 Å². The molecule has 0 bridgehead atoms. The maximum Gasteiger partial charge on any atom is 0.165 e. The minimum Gasteiger partial charge on any atom is -0.396 e. The van der Waals surface area contributed by atoms with Gasteiger partial charge in [0.05, 0.1) is 11.9 Å². The minimum absolute atomic E-state index is 0.257. The van der Waals surface area contributed by atoms with Gasteiger partial charge in [0.15, 0.2) is 11.3 Å². The van der Waals surface area contributed by atoms with Crippen LogP contribution in [0.5, 0.6) is 0 Å². The fourth-order valence-corrected chi connectivity index (χ4v) is 1.34. The average Bonchev–Trinajstić information content (AvgIpc) is 2.58. The van der Waals surface area contributed by atoms with Gasteiger partial charge in [0.25, 0.3) is 0 Å². The predicted molar refractivity (Wildman–Crippen MR) is 52.3 cm³/mol. The zero-order valence-electron chi connectivity index (χ0n) is 7.73. The van der Waals surface area contributed by atoms with Crippen molar-refractivity contribution in [3.63, 3.8) is 0 Å². The molecule has 0 aliphatic heterocycles. The standard InChI is InChI=1S/C9H9N5/c1-2-14-9-6(5-12-14)3-7(11)8(4-10)13-9/h3,5H,2,11H2,1H3. The molecule has 0 saturated heterocycles. The van der Waals surface area contributed by atoms with Gasteiger partial charge in [0.1, 0.15) is 6.07 Å². The van der Waals surface area contributed by atoms with E-state index in [1.165, 1.54) is 0 Å². The van der Waals surface area contributed by atoms with E-state index in [9.17, 15) is 0 Å². The Kier molecular flexibility index (Phi) is 1.82. The third-order valence-corrected chi connectivity index (χ3v) is 2.05. The van der Waals surface area contributed by atoms with Crippen molar-refractivity contribution >= 4 is 16.7 Å². The van der Waals surface area contributed by atoms with Gasteiger partial charge in [-0.05, 0) is 13.0 Å². The van der Waals surface area contributed by atoms with Crippen LogP contribution in [-0.2, 0) is 6.54 Å². The molecule has 0 spiro atoms. The number of fused-ring (bicyclic) bond motifs is 1. The number of nitrogens with zero attached hydrogens (tertiary/aromatic N) is 4. The first-order valence-electron chi connectivity index (χ1n) is 4.28. The zero-order chi connectivity index (χ0) is 10.1. The molecular formula is C9H9N5. The first kappa shape index (κ1) is 8.51. The summed E-state index contributed by atoms with van der Waals surface area (Å²) in [5.74, 6) is 0. The van der Waals surface area contributed by atoms with Gasteiger partial charge in [-0.15, -0.1) is 0 Å². The molecule has 2 aromatic heterocycles. The number of aromatic nitrogens is 3. The number of aryl methyl sites for hydroxylation is 1. The summed E-state index contributed by atoms with van der Waals surface area (Å²) in [4.78, 5) is 4.14. The molecular weight excluding hydrogens is 178 g/mol. The minimum atomic E-state index is 0.257. The van der Waals surface area contributed by atoms with Crippen molar-refractivity contribution in [1.82, 2.24) is 14.8 Å². The Morgan fingerprint density at radius 3 is 3.07 bits per heavy atom. The molecule has 2 N–H and O–H groups in total. The lowest BCUT2D eigenvalue weighted by Gasteiger charge is -1.99. The highest BCUT2D eigenvalue weighted by atomic mass is 15.3. The number of hydrogen-bond acceptors (Lipinski definition) is 4. The Morgan fingerprint density at radius 2 is 2.43 bits per heavy atom. The zero-order valence-corrected chi connectivity index (χ0v) is 7.73. The van der Waals surface area contributed by atoms with Crippen molar-refractivity contribution in [2.75, 3.05) is 5.73 Å². The van der Waals surface area contributed by atoms with Gasteiger partial charge in [-0.25, -0.2) is 9.67 Å². The smallest absolute Gasteiger partial charge is 0.165 e. The molecule has 5 heteroatoms. The predicted octanol–water partition coefficient (Wildman–Crippen LogP) is 0.905. The topological polar surface area (TPSA) is 80.5 Å². The van der Waals surface area contributed by atoms with E-state index in [-0.39, 0.29) is 5.69 Å². The lowest BCUT2D eigenvalue weighted by atomic mass is 10.2. The molecule has 5 nitrogen and oxygen atoms in total. The van der Waals surface area contributed by atoms with Gasteiger partial charge in [0, 0.05) is 11.9 Å². The molecule has 0 saturated carbocycles. The second-order valence-corrected chi connectivity index (χ2v) is 2.91. The van der Waals surface area contributed by atoms with Crippen molar-refractivity contribution in [3.05, 3.63) is 18.0 Å². The number of anilines is 1. The van der Waals surface area contributed by atoms with Crippen molar-refractivity contribution in [1.29, 1.82) is 5.26 Å². The summed E-state index contributed by atoms with van der Waals surface area (Å²) in [6.07, 6.45) is 1.70. The monoisotopic (exact) mass is 187 g/mol. The highest BCUT2D eigenvalue weighted by Crippen LogP contribution is 2.17. The summed E-state index contributed by atoms with van der Waals surface area (Å²) in [5.41, 5.74) is 6.99. The van der Waals surface area contributed by atoms with Crippen LogP contribution in [0.4, 0.5) is 5.69 Å². The second-order valence-electron chi connectivity index (χ2n) is 2.91. The summed E-state index contributed by atoms with van der Waals surface area (Å²) in [6.45, 7) is 2.70. The maximum absolute atomic E-state index is 8.76. The Hall–Kier alpha value is -2.09. The van der Waals surface area contributed by atoms with E-state index in [1.807, 2.05) is 13.0 Å². The molecule has 0 aliphatic carbocycles. The van der Waals surface area contributed by atoms with E-state index in [0.29, 0.717) is 11.3 Å². The number of nitrogens with two attached hydrogens (primary N) is 1. The molecule has 2 heterocycles. The highest BCUT2D eigenvalue weighted by Gasteiger charge is 2.07. The molecule has 2 aromatic rings. The highest BCUT2D eigenvalue weighted by molar-refractivity contribution is 5.79. The number of nitriles is 1. The van der Waals surface area contributed by atoms with Crippen LogP contribution in [0.3, 0.4) is 0 Å². The van der Waals surface area contributed by atoms with Crippen molar-refractivity contribution in [2.45, 2.75) is 13.5 Å². The van der Waals surface area contributed by atoms with Gasteiger partial charge in [-0.1, -0.05) is 0 Å². The lowest BCUT2D eigenvalue weighted by Crippen LogP contribution is -2.00. The van der Waals surface area contributed by atoms with Gasteiger partial charge in [-0.3, -0.25) is 0 Å². The van der Waals surface area contributed by atoms with E-state index in [0.717, 1.165) is 11.9 Å². The molecule has 0 radical (unpaired) electrons. The SMILES string of the molecule is CCn1ncc2cc(N)c(C#N)nc21. The molecule has 0 aromatic carbocycles. The van der Waals surface area contributed by atoms with Crippen LogP contribution >= 0.6 is 0 Å². The Bertz CT molecular complexity index is 520. The van der Waals surface area contributed by atoms with E-state index in [4.69, 9.17) is 11.0 Å². The van der Waals surface area contributed by atoms with Crippen molar-refractivity contribution in [3.8, 4) is 6.07 Å². The third-order valence-electron chi connectivity index (χ3n) is 2.05. The number of pyridine rings is 1.